The van der Waals surface area contributed by atoms with Gasteiger partial charge in [0.2, 0.25) is 0 Å². The highest BCUT2D eigenvalue weighted by Crippen LogP contribution is 2.21. The number of esters is 1. The summed E-state index contributed by atoms with van der Waals surface area (Å²) in [5, 5.41) is 17.3. The predicted molar refractivity (Wildman–Crippen MR) is 77.6 cm³/mol. The zero-order chi connectivity index (χ0) is 16.5. The molecule has 0 spiro atoms. The molecule has 112 valence electrons. The van der Waals surface area contributed by atoms with Gasteiger partial charge >= 0.3 is 5.97 Å². The van der Waals surface area contributed by atoms with Crippen LogP contribution in [0.25, 0.3) is 6.08 Å². The van der Waals surface area contributed by atoms with Crippen LogP contribution >= 0.6 is 0 Å². The van der Waals surface area contributed by atoms with Crippen LogP contribution in [0, 0.1) is 22.7 Å². The number of ether oxygens (including phenoxy) is 2. The normalized spacial score (nSPS) is 10.3. The second-order valence-electron chi connectivity index (χ2n) is 4.23. The number of Topliss-reactive ketones (excluding diaryl/α,β-unsaturated/α-hetero) is 1. The molecule has 0 amide bonds. The van der Waals surface area contributed by atoms with Crippen LogP contribution in [-0.2, 0) is 14.3 Å². The van der Waals surface area contributed by atoms with E-state index in [-0.39, 0.29) is 18.6 Å². The molecule has 0 N–H and O–H groups in total. The van der Waals surface area contributed by atoms with Crippen LogP contribution in [0.3, 0.4) is 0 Å². The molecule has 0 unspecified atom stereocenters. The Morgan fingerprint density at radius 1 is 1.32 bits per heavy atom. The summed E-state index contributed by atoms with van der Waals surface area (Å²) in [4.78, 5) is 23.4. The molecular formula is C16H14N2O4. The Morgan fingerprint density at radius 2 is 2.05 bits per heavy atom. The molecule has 0 saturated carbocycles. The number of methoxy groups -OCH3 is 1. The highest BCUT2D eigenvalue weighted by molar-refractivity contribution is 6.19. The molecule has 6 nitrogen and oxygen atoms in total. The van der Waals surface area contributed by atoms with Crippen molar-refractivity contribution in [2.24, 2.45) is 0 Å². The lowest BCUT2D eigenvalue weighted by Crippen LogP contribution is -2.14. The SMILES string of the molecule is COc1cc(C=C(C(C)=O)C(=O)OCCC#N)ccc1C#N. The smallest absolute Gasteiger partial charge is 0.341 e. The third kappa shape index (κ3) is 4.46. The lowest BCUT2D eigenvalue weighted by Gasteiger charge is -2.06. The fourth-order valence-corrected chi connectivity index (χ4v) is 1.63. The first-order valence-corrected chi connectivity index (χ1v) is 6.38. The Morgan fingerprint density at radius 3 is 2.59 bits per heavy atom. The maximum Gasteiger partial charge on any atom is 0.341 e. The van der Waals surface area contributed by atoms with Crippen LogP contribution in [0.4, 0.5) is 0 Å². The maximum atomic E-state index is 11.8. The van der Waals surface area contributed by atoms with E-state index < -0.39 is 11.8 Å². The zero-order valence-corrected chi connectivity index (χ0v) is 12.3. The number of rotatable bonds is 6. The fraction of sp³-hybridized carbons (Fsp3) is 0.250. The molecule has 0 heterocycles. The van der Waals surface area contributed by atoms with E-state index in [2.05, 4.69) is 0 Å². The lowest BCUT2D eigenvalue weighted by molar-refractivity contribution is -0.140. The summed E-state index contributed by atoms with van der Waals surface area (Å²) in [5.41, 5.74) is 0.739. The summed E-state index contributed by atoms with van der Waals surface area (Å²) in [7, 11) is 1.42. The van der Waals surface area contributed by atoms with Crippen molar-refractivity contribution in [3.8, 4) is 17.9 Å². The first-order chi connectivity index (χ1) is 10.5. The van der Waals surface area contributed by atoms with E-state index >= 15 is 0 Å². The molecule has 0 saturated heterocycles. The Labute approximate surface area is 128 Å². The van der Waals surface area contributed by atoms with Crippen LogP contribution in [0.15, 0.2) is 23.8 Å². The van der Waals surface area contributed by atoms with Crippen molar-refractivity contribution in [2.75, 3.05) is 13.7 Å². The van der Waals surface area contributed by atoms with Gasteiger partial charge in [-0.15, -0.1) is 0 Å². The van der Waals surface area contributed by atoms with E-state index in [0.29, 0.717) is 16.9 Å². The molecule has 0 fully saturated rings. The second-order valence-corrected chi connectivity index (χ2v) is 4.23. The van der Waals surface area contributed by atoms with E-state index in [1.807, 2.05) is 12.1 Å². The molecule has 6 heteroatoms. The number of ketones is 1. The number of nitrogens with zero attached hydrogens (tertiary/aromatic N) is 2. The van der Waals surface area contributed by atoms with Gasteiger partial charge in [-0.1, -0.05) is 6.07 Å². The van der Waals surface area contributed by atoms with Crippen molar-refractivity contribution in [3.63, 3.8) is 0 Å². The highest BCUT2D eigenvalue weighted by Gasteiger charge is 2.16. The summed E-state index contributed by atoms with van der Waals surface area (Å²) in [6.45, 7) is 1.18. The Balaban J connectivity index is 3.09. The molecule has 0 aliphatic rings. The summed E-state index contributed by atoms with van der Waals surface area (Å²) >= 11 is 0. The topological polar surface area (TPSA) is 100 Å². The van der Waals surface area contributed by atoms with Gasteiger partial charge in [0.25, 0.3) is 0 Å². The molecule has 0 bridgehead atoms. The second kappa shape index (κ2) is 8.23. The Kier molecular flexibility index (Phi) is 6.33. The standard InChI is InChI=1S/C16H14N2O4/c1-11(19)14(16(20)22-7-3-6-17)8-12-4-5-13(10-18)15(9-12)21-2/h4-5,8-9H,3,7H2,1-2H3. The third-order valence-corrected chi connectivity index (χ3v) is 2.70. The summed E-state index contributed by atoms with van der Waals surface area (Å²) in [5.74, 6) is -0.895. The van der Waals surface area contributed by atoms with Gasteiger partial charge in [0.15, 0.2) is 5.78 Å². The predicted octanol–water partition coefficient (Wildman–Crippen LogP) is 2.00. The van der Waals surface area contributed by atoms with Crippen molar-refractivity contribution < 1.29 is 19.1 Å². The number of benzene rings is 1. The molecular weight excluding hydrogens is 284 g/mol. The fourth-order valence-electron chi connectivity index (χ4n) is 1.63. The van der Waals surface area contributed by atoms with Gasteiger partial charge in [0.1, 0.15) is 24.0 Å². The van der Waals surface area contributed by atoms with Crippen LogP contribution in [-0.4, -0.2) is 25.5 Å². The Hall–Kier alpha value is -3.12. The van der Waals surface area contributed by atoms with Crippen LogP contribution in [0.1, 0.15) is 24.5 Å². The van der Waals surface area contributed by atoms with Crippen LogP contribution in [0.2, 0.25) is 0 Å². The molecule has 22 heavy (non-hydrogen) atoms. The first-order valence-electron chi connectivity index (χ1n) is 6.38. The molecule has 0 aliphatic carbocycles. The maximum absolute atomic E-state index is 11.8. The molecule has 0 aromatic heterocycles. The average Bonchev–Trinajstić information content (AvgIpc) is 2.52. The Bertz CT molecular complexity index is 693. The minimum atomic E-state index is -0.786. The van der Waals surface area contributed by atoms with E-state index in [4.69, 9.17) is 20.0 Å². The van der Waals surface area contributed by atoms with E-state index in [1.165, 1.54) is 26.2 Å². The largest absolute Gasteiger partial charge is 0.495 e. The lowest BCUT2D eigenvalue weighted by atomic mass is 10.1. The van der Waals surface area contributed by atoms with Gasteiger partial charge in [-0.3, -0.25) is 4.79 Å². The zero-order valence-electron chi connectivity index (χ0n) is 12.3. The summed E-state index contributed by atoms with van der Waals surface area (Å²) in [6.07, 6.45) is 1.42. The van der Waals surface area contributed by atoms with Crippen LogP contribution in [0.5, 0.6) is 5.75 Å². The monoisotopic (exact) mass is 298 g/mol. The number of carbonyl (C=O) groups excluding carboxylic acids is 2. The van der Waals surface area contributed by atoms with E-state index in [9.17, 15) is 9.59 Å². The molecule has 1 aromatic rings. The summed E-state index contributed by atoms with van der Waals surface area (Å²) < 4.78 is 9.92. The minimum Gasteiger partial charge on any atom is -0.495 e. The van der Waals surface area contributed by atoms with Gasteiger partial charge in [-0.05, 0) is 30.7 Å². The van der Waals surface area contributed by atoms with E-state index in [1.54, 1.807) is 12.1 Å². The first kappa shape index (κ1) is 16.9. The van der Waals surface area contributed by atoms with Gasteiger partial charge in [-0.2, -0.15) is 10.5 Å². The molecule has 0 aliphatic heterocycles. The summed E-state index contributed by atoms with van der Waals surface area (Å²) in [6, 6.07) is 8.48. The molecule has 0 atom stereocenters. The van der Waals surface area contributed by atoms with Crippen molar-refractivity contribution in [1.82, 2.24) is 0 Å². The average molecular weight is 298 g/mol. The number of carbonyl (C=O) groups is 2. The number of hydrogen-bond acceptors (Lipinski definition) is 6. The number of nitriles is 2. The molecule has 0 radical (unpaired) electrons. The number of hydrogen-bond donors (Lipinski definition) is 0. The quantitative estimate of drug-likeness (QED) is 0.262. The van der Waals surface area contributed by atoms with E-state index in [0.717, 1.165) is 0 Å². The van der Waals surface area contributed by atoms with Gasteiger partial charge in [0.05, 0.1) is 25.2 Å². The van der Waals surface area contributed by atoms with Gasteiger partial charge in [0, 0.05) is 0 Å². The van der Waals surface area contributed by atoms with Gasteiger partial charge in [-0.25, -0.2) is 4.79 Å². The third-order valence-electron chi connectivity index (χ3n) is 2.70. The van der Waals surface area contributed by atoms with Gasteiger partial charge < -0.3 is 9.47 Å². The van der Waals surface area contributed by atoms with Crippen molar-refractivity contribution in [3.05, 3.63) is 34.9 Å². The highest BCUT2D eigenvalue weighted by atomic mass is 16.5. The van der Waals surface area contributed by atoms with Crippen LogP contribution < -0.4 is 4.74 Å². The molecule has 1 aromatic carbocycles. The van der Waals surface area contributed by atoms with Crippen molar-refractivity contribution in [1.29, 1.82) is 10.5 Å². The molecule has 1 rings (SSSR count). The van der Waals surface area contributed by atoms with Crippen molar-refractivity contribution in [2.45, 2.75) is 13.3 Å². The van der Waals surface area contributed by atoms with Crippen molar-refractivity contribution >= 4 is 17.8 Å². The minimum absolute atomic E-state index is 0.0572.